The molecule has 4 heteroatoms. The Balaban J connectivity index is 2.29. The summed E-state index contributed by atoms with van der Waals surface area (Å²) < 4.78 is 6.42. The van der Waals surface area contributed by atoms with Gasteiger partial charge in [0.2, 0.25) is 0 Å². The number of carbonyl (C=O) groups excluding carboxylic acids is 1. The standard InChI is InChI=1S/C17H20BrNO2/c1-11(2)19(10-14-7-6-13(4)21-14)17(20)15-9-12(3)5-8-16(15)18/h5-9,11H,10H2,1-4H3. The quantitative estimate of drug-likeness (QED) is 0.800. The first-order valence-electron chi connectivity index (χ1n) is 7.01. The minimum absolute atomic E-state index is 0.00891. The molecule has 1 heterocycles. The topological polar surface area (TPSA) is 33.5 Å². The van der Waals surface area contributed by atoms with Crippen molar-refractivity contribution in [3.8, 4) is 0 Å². The zero-order valence-corrected chi connectivity index (χ0v) is 14.4. The first-order valence-corrected chi connectivity index (χ1v) is 7.80. The van der Waals surface area contributed by atoms with Crippen LogP contribution in [0.1, 0.15) is 41.3 Å². The van der Waals surface area contributed by atoms with Crippen LogP contribution < -0.4 is 0 Å². The van der Waals surface area contributed by atoms with E-state index in [-0.39, 0.29) is 11.9 Å². The van der Waals surface area contributed by atoms with Gasteiger partial charge in [-0.25, -0.2) is 0 Å². The molecular weight excluding hydrogens is 330 g/mol. The van der Waals surface area contributed by atoms with E-state index >= 15 is 0 Å². The number of aryl methyl sites for hydroxylation is 2. The third-order valence-corrected chi connectivity index (χ3v) is 4.05. The van der Waals surface area contributed by atoms with Crippen molar-refractivity contribution >= 4 is 21.8 Å². The molecule has 0 saturated carbocycles. The zero-order chi connectivity index (χ0) is 15.6. The van der Waals surface area contributed by atoms with Crippen LogP contribution in [-0.2, 0) is 6.54 Å². The van der Waals surface area contributed by atoms with Crippen LogP contribution in [0.25, 0.3) is 0 Å². The second-order valence-electron chi connectivity index (χ2n) is 5.52. The van der Waals surface area contributed by atoms with E-state index in [9.17, 15) is 4.79 Å². The van der Waals surface area contributed by atoms with Crippen molar-refractivity contribution in [1.29, 1.82) is 0 Å². The summed E-state index contributed by atoms with van der Waals surface area (Å²) in [5.41, 5.74) is 1.76. The predicted octanol–water partition coefficient (Wildman–Crippen LogP) is 4.71. The molecule has 0 aliphatic carbocycles. The van der Waals surface area contributed by atoms with Crippen molar-refractivity contribution in [2.24, 2.45) is 0 Å². The molecule has 0 bridgehead atoms. The molecule has 0 fully saturated rings. The molecule has 2 aromatic rings. The van der Waals surface area contributed by atoms with E-state index in [1.165, 1.54) is 0 Å². The lowest BCUT2D eigenvalue weighted by atomic mass is 10.1. The summed E-state index contributed by atoms with van der Waals surface area (Å²) in [5.74, 6) is 1.67. The van der Waals surface area contributed by atoms with Gasteiger partial charge >= 0.3 is 0 Å². The first kappa shape index (κ1) is 15.8. The number of hydrogen-bond donors (Lipinski definition) is 0. The van der Waals surface area contributed by atoms with E-state index in [0.29, 0.717) is 12.1 Å². The molecule has 21 heavy (non-hydrogen) atoms. The van der Waals surface area contributed by atoms with E-state index in [1.807, 2.05) is 62.9 Å². The van der Waals surface area contributed by atoms with Gasteiger partial charge in [-0.2, -0.15) is 0 Å². The maximum atomic E-state index is 12.8. The molecule has 0 spiro atoms. The summed E-state index contributed by atoms with van der Waals surface area (Å²) in [5, 5.41) is 0. The lowest BCUT2D eigenvalue weighted by Gasteiger charge is -2.26. The van der Waals surface area contributed by atoms with Crippen LogP contribution in [0.4, 0.5) is 0 Å². The van der Waals surface area contributed by atoms with Crippen LogP contribution in [0.2, 0.25) is 0 Å². The van der Waals surface area contributed by atoms with Gasteiger partial charge in [-0.3, -0.25) is 4.79 Å². The lowest BCUT2D eigenvalue weighted by Crippen LogP contribution is -2.36. The number of halogens is 1. The molecule has 0 unspecified atom stereocenters. The van der Waals surface area contributed by atoms with Gasteiger partial charge in [0, 0.05) is 10.5 Å². The number of hydrogen-bond acceptors (Lipinski definition) is 2. The molecule has 0 saturated heterocycles. The number of carbonyl (C=O) groups is 1. The van der Waals surface area contributed by atoms with E-state index in [4.69, 9.17) is 4.42 Å². The van der Waals surface area contributed by atoms with Gasteiger partial charge in [-0.1, -0.05) is 11.6 Å². The average molecular weight is 350 g/mol. The lowest BCUT2D eigenvalue weighted by molar-refractivity contribution is 0.0674. The van der Waals surface area contributed by atoms with E-state index in [0.717, 1.165) is 21.6 Å². The van der Waals surface area contributed by atoms with Gasteiger partial charge in [-0.15, -0.1) is 0 Å². The molecule has 1 amide bonds. The highest BCUT2D eigenvalue weighted by molar-refractivity contribution is 9.10. The summed E-state index contributed by atoms with van der Waals surface area (Å²) >= 11 is 3.47. The summed E-state index contributed by atoms with van der Waals surface area (Å²) in [7, 11) is 0. The van der Waals surface area contributed by atoms with Gasteiger partial charge in [0.15, 0.2) is 0 Å². The third kappa shape index (κ3) is 3.76. The van der Waals surface area contributed by atoms with Gasteiger partial charge in [0.1, 0.15) is 11.5 Å². The second-order valence-corrected chi connectivity index (χ2v) is 6.38. The largest absolute Gasteiger partial charge is 0.464 e. The Kier molecular flexibility index (Phi) is 4.88. The first-order chi connectivity index (χ1) is 9.88. The predicted molar refractivity (Wildman–Crippen MR) is 87.3 cm³/mol. The van der Waals surface area contributed by atoms with Crippen LogP contribution >= 0.6 is 15.9 Å². The Bertz CT molecular complexity index is 646. The molecule has 0 N–H and O–H groups in total. The smallest absolute Gasteiger partial charge is 0.255 e. The monoisotopic (exact) mass is 349 g/mol. The minimum atomic E-state index is 0.00891. The Morgan fingerprint density at radius 3 is 2.52 bits per heavy atom. The van der Waals surface area contributed by atoms with Crippen LogP contribution in [-0.4, -0.2) is 16.8 Å². The molecule has 0 aliphatic heterocycles. The SMILES string of the molecule is Cc1ccc(Br)c(C(=O)N(Cc2ccc(C)o2)C(C)C)c1. The highest BCUT2D eigenvalue weighted by Gasteiger charge is 2.22. The van der Waals surface area contributed by atoms with E-state index in [1.54, 1.807) is 0 Å². The molecule has 0 radical (unpaired) electrons. The Morgan fingerprint density at radius 1 is 1.24 bits per heavy atom. The van der Waals surface area contributed by atoms with Gasteiger partial charge < -0.3 is 9.32 Å². The van der Waals surface area contributed by atoms with Crippen molar-refractivity contribution in [3.63, 3.8) is 0 Å². The highest BCUT2D eigenvalue weighted by Crippen LogP contribution is 2.22. The molecule has 3 nitrogen and oxygen atoms in total. The van der Waals surface area contributed by atoms with Crippen molar-refractivity contribution < 1.29 is 9.21 Å². The summed E-state index contributed by atoms with van der Waals surface area (Å²) in [4.78, 5) is 14.6. The maximum absolute atomic E-state index is 12.8. The number of amides is 1. The summed E-state index contributed by atoms with van der Waals surface area (Å²) in [6.45, 7) is 8.39. The number of benzene rings is 1. The fourth-order valence-corrected chi connectivity index (χ4v) is 2.60. The Morgan fingerprint density at radius 2 is 1.95 bits per heavy atom. The molecule has 2 rings (SSSR count). The fraction of sp³-hybridized carbons (Fsp3) is 0.353. The minimum Gasteiger partial charge on any atom is -0.464 e. The summed E-state index contributed by atoms with van der Waals surface area (Å²) in [6.07, 6.45) is 0. The number of nitrogens with zero attached hydrogens (tertiary/aromatic N) is 1. The van der Waals surface area contributed by atoms with Crippen molar-refractivity contribution in [2.45, 2.75) is 40.3 Å². The van der Waals surface area contributed by atoms with Crippen LogP contribution in [0.15, 0.2) is 39.2 Å². The van der Waals surface area contributed by atoms with Crippen LogP contribution in [0.5, 0.6) is 0 Å². The van der Waals surface area contributed by atoms with E-state index < -0.39 is 0 Å². The highest BCUT2D eigenvalue weighted by atomic mass is 79.9. The Labute approximate surface area is 134 Å². The van der Waals surface area contributed by atoms with Crippen LogP contribution in [0, 0.1) is 13.8 Å². The molecule has 1 aromatic carbocycles. The van der Waals surface area contributed by atoms with Crippen molar-refractivity contribution in [2.75, 3.05) is 0 Å². The fourth-order valence-electron chi connectivity index (χ4n) is 2.18. The summed E-state index contributed by atoms with van der Waals surface area (Å²) in [6, 6.07) is 9.74. The van der Waals surface area contributed by atoms with Gasteiger partial charge in [0.25, 0.3) is 5.91 Å². The number of rotatable bonds is 4. The Hall–Kier alpha value is -1.55. The maximum Gasteiger partial charge on any atom is 0.255 e. The zero-order valence-electron chi connectivity index (χ0n) is 12.8. The third-order valence-electron chi connectivity index (χ3n) is 3.36. The van der Waals surface area contributed by atoms with E-state index in [2.05, 4.69) is 15.9 Å². The van der Waals surface area contributed by atoms with Gasteiger partial charge in [-0.05, 0) is 67.9 Å². The van der Waals surface area contributed by atoms with Gasteiger partial charge in [0.05, 0.1) is 12.1 Å². The average Bonchev–Trinajstić information content (AvgIpc) is 2.83. The molecule has 1 aromatic heterocycles. The van der Waals surface area contributed by atoms with Crippen molar-refractivity contribution in [1.82, 2.24) is 4.90 Å². The van der Waals surface area contributed by atoms with Crippen LogP contribution in [0.3, 0.4) is 0 Å². The molecule has 0 atom stereocenters. The van der Waals surface area contributed by atoms with Crippen molar-refractivity contribution in [3.05, 3.63) is 57.5 Å². The molecular formula is C17H20BrNO2. The second kappa shape index (κ2) is 6.48. The normalized spacial score (nSPS) is 11.0. The number of furan rings is 1. The molecule has 0 aliphatic rings. The molecule has 112 valence electrons.